The molecule has 4 rings (SSSR count). The summed E-state index contributed by atoms with van der Waals surface area (Å²) in [7, 11) is -7.14. The van der Waals surface area contributed by atoms with Crippen molar-refractivity contribution in [2.75, 3.05) is 42.6 Å². The van der Waals surface area contributed by atoms with Crippen LogP contribution in [0.5, 0.6) is 0 Å². The summed E-state index contributed by atoms with van der Waals surface area (Å²) in [6.07, 6.45) is 3.43. The average molecular weight is 451 g/mol. The van der Waals surface area contributed by atoms with Crippen LogP contribution in [-0.2, 0) is 19.7 Å². The van der Waals surface area contributed by atoms with Crippen molar-refractivity contribution in [3.63, 3.8) is 0 Å². The van der Waals surface area contributed by atoms with Gasteiger partial charge in [-0.15, -0.1) is 0 Å². The molecule has 0 N–H and O–H groups in total. The van der Waals surface area contributed by atoms with Gasteiger partial charge in [-0.25, -0.2) is 26.8 Å². The second-order valence-electron chi connectivity index (χ2n) is 7.43. The highest BCUT2D eigenvalue weighted by atomic mass is 32.2. The average Bonchev–Trinajstić information content (AvgIpc) is 3.14. The minimum Gasteiger partial charge on any atom is -0.337 e. The fraction of sp³-hybridized carbons (Fsp3) is 0.421. The van der Waals surface area contributed by atoms with Gasteiger partial charge in [0.2, 0.25) is 5.95 Å². The van der Waals surface area contributed by atoms with Crippen LogP contribution in [0.1, 0.15) is 16.8 Å². The molecule has 160 valence electrons. The SMILES string of the molecule is O=C(c1cccc(S(=O)(=O)[C@H]2CCS(=O)(=O)C2)c1)N1CCN(c2ncccn2)CC1. The molecule has 1 atom stereocenters. The lowest BCUT2D eigenvalue weighted by molar-refractivity contribution is 0.0746. The first-order valence-electron chi connectivity index (χ1n) is 9.62. The number of carbonyl (C=O) groups is 1. The van der Waals surface area contributed by atoms with Gasteiger partial charge in [-0.3, -0.25) is 4.79 Å². The topological polar surface area (TPSA) is 118 Å². The Bertz CT molecular complexity index is 1140. The van der Waals surface area contributed by atoms with Gasteiger partial charge in [-0.2, -0.15) is 0 Å². The van der Waals surface area contributed by atoms with E-state index >= 15 is 0 Å². The number of nitrogens with zero attached hydrogens (tertiary/aromatic N) is 4. The molecule has 11 heteroatoms. The maximum atomic E-state index is 12.9. The predicted octanol–water partition coefficient (Wildman–Crippen LogP) is 0.400. The summed E-state index contributed by atoms with van der Waals surface area (Å²) >= 11 is 0. The Kier molecular flexibility index (Phi) is 5.49. The third-order valence-corrected chi connectivity index (χ3v) is 9.61. The molecule has 30 heavy (non-hydrogen) atoms. The van der Waals surface area contributed by atoms with E-state index in [-0.39, 0.29) is 34.3 Å². The van der Waals surface area contributed by atoms with Crippen LogP contribution in [0.15, 0.2) is 47.6 Å². The highest BCUT2D eigenvalue weighted by molar-refractivity contribution is 7.96. The van der Waals surface area contributed by atoms with Crippen molar-refractivity contribution in [3.05, 3.63) is 48.3 Å². The van der Waals surface area contributed by atoms with Crippen LogP contribution in [0.4, 0.5) is 5.95 Å². The van der Waals surface area contributed by atoms with Gasteiger partial charge in [0.25, 0.3) is 5.91 Å². The van der Waals surface area contributed by atoms with Gasteiger partial charge in [-0.1, -0.05) is 6.07 Å². The van der Waals surface area contributed by atoms with E-state index in [9.17, 15) is 21.6 Å². The van der Waals surface area contributed by atoms with Crippen LogP contribution < -0.4 is 4.90 Å². The highest BCUT2D eigenvalue weighted by Crippen LogP contribution is 2.26. The monoisotopic (exact) mass is 450 g/mol. The summed E-state index contributed by atoms with van der Waals surface area (Å²) in [5.74, 6) is -0.119. The molecule has 2 aliphatic heterocycles. The van der Waals surface area contributed by atoms with Crippen molar-refractivity contribution in [1.29, 1.82) is 0 Å². The number of amides is 1. The second-order valence-corrected chi connectivity index (χ2v) is 11.9. The van der Waals surface area contributed by atoms with Gasteiger partial charge in [0.15, 0.2) is 19.7 Å². The van der Waals surface area contributed by atoms with Crippen molar-refractivity contribution >= 4 is 31.5 Å². The van der Waals surface area contributed by atoms with Crippen LogP contribution in [0.3, 0.4) is 0 Å². The van der Waals surface area contributed by atoms with Crippen molar-refractivity contribution in [2.45, 2.75) is 16.6 Å². The van der Waals surface area contributed by atoms with Crippen molar-refractivity contribution in [1.82, 2.24) is 14.9 Å². The molecule has 1 aromatic carbocycles. The van der Waals surface area contributed by atoms with E-state index in [0.29, 0.717) is 32.1 Å². The number of aromatic nitrogens is 2. The lowest BCUT2D eigenvalue weighted by atomic mass is 10.2. The lowest BCUT2D eigenvalue weighted by Gasteiger charge is -2.34. The zero-order chi connectivity index (χ0) is 21.4. The summed E-state index contributed by atoms with van der Waals surface area (Å²) < 4.78 is 49.1. The number of hydrogen-bond donors (Lipinski definition) is 0. The molecule has 0 radical (unpaired) electrons. The van der Waals surface area contributed by atoms with Crippen LogP contribution in [-0.4, -0.2) is 80.5 Å². The van der Waals surface area contributed by atoms with Crippen LogP contribution in [0.2, 0.25) is 0 Å². The fourth-order valence-corrected chi connectivity index (χ4v) is 8.15. The molecule has 0 spiro atoms. The molecular weight excluding hydrogens is 428 g/mol. The van der Waals surface area contributed by atoms with E-state index < -0.39 is 24.9 Å². The zero-order valence-corrected chi connectivity index (χ0v) is 17.8. The highest BCUT2D eigenvalue weighted by Gasteiger charge is 2.38. The number of rotatable bonds is 4. The number of anilines is 1. The third kappa shape index (κ3) is 4.17. The number of hydrogen-bond acceptors (Lipinski definition) is 8. The first-order chi connectivity index (χ1) is 14.3. The molecule has 0 saturated carbocycles. The Balaban J connectivity index is 1.47. The van der Waals surface area contributed by atoms with Crippen LogP contribution in [0.25, 0.3) is 0 Å². The third-order valence-electron chi connectivity index (χ3n) is 5.44. The van der Waals surface area contributed by atoms with Gasteiger partial charge >= 0.3 is 0 Å². The molecule has 0 unspecified atom stereocenters. The van der Waals surface area contributed by atoms with Crippen LogP contribution >= 0.6 is 0 Å². The molecule has 1 amide bonds. The van der Waals surface area contributed by atoms with E-state index in [0.717, 1.165) is 0 Å². The first kappa shape index (κ1) is 20.7. The van der Waals surface area contributed by atoms with E-state index in [1.54, 1.807) is 29.4 Å². The molecule has 1 aromatic heterocycles. The second kappa shape index (κ2) is 7.95. The Morgan fingerprint density at radius 3 is 2.37 bits per heavy atom. The summed E-state index contributed by atoms with van der Waals surface area (Å²) in [5.41, 5.74) is 0.279. The summed E-state index contributed by atoms with van der Waals surface area (Å²) in [6.45, 7) is 2.09. The minimum absolute atomic E-state index is 0.00762. The lowest BCUT2D eigenvalue weighted by Crippen LogP contribution is -2.49. The smallest absolute Gasteiger partial charge is 0.254 e. The molecule has 0 aliphatic carbocycles. The summed E-state index contributed by atoms with van der Waals surface area (Å²) in [4.78, 5) is 25.0. The standard InChI is InChI=1S/C19H22N4O5S2/c24-18(22-8-10-23(11-9-22)19-20-6-2-7-21-19)15-3-1-4-16(13-15)30(27,28)17-5-12-29(25,26)14-17/h1-4,6-7,13,17H,5,8-12,14H2/t17-/m0/s1. The predicted molar refractivity (Wildman–Crippen MR) is 111 cm³/mol. The maximum absolute atomic E-state index is 12.9. The Labute approximate surface area is 175 Å². The number of piperazine rings is 1. The molecule has 2 fully saturated rings. The summed E-state index contributed by atoms with van der Waals surface area (Å²) in [5, 5.41) is -0.956. The Morgan fingerprint density at radius 2 is 1.73 bits per heavy atom. The largest absolute Gasteiger partial charge is 0.337 e. The quantitative estimate of drug-likeness (QED) is 0.657. The molecule has 2 aliphatic rings. The van der Waals surface area contributed by atoms with Crippen molar-refractivity contribution < 1.29 is 21.6 Å². The van der Waals surface area contributed by atoms with Crippen molar-refractivity contribution in [3.8, 4) is 0 Å². The molecular formula is C19H22N4O5S2. The number of sulfone groups is 2. The van der Waals surface area contributed by atoms with E-state index in [1.807, 2.05) is 4.90 Å². The molecule has 2 aromatic rings. The van der Waals surface area contributed by atoms with Crippen molar-refractivity contribution in [2.24, 2.45) is 0 Å². The zero-order valence-electron chi connectivity index (χ0n) is 16.2. The number of benzene rings is 1. The maximum Gasteiger partial charge on any atom is 0.254 e. The normalized spacial score (nSPS) is 21.5. The van der Waals surface area contributed by atoms with E-state index in [1.165, 1.54) is 18.2 Å². The van der Waals surface area contributed by atoms with E-state index in [2.05, 4.69) is 9.97 Å². The Hall–Kier alpha value is -2.53. The molecule has 0 bridgehead atoms. The van der Waals surface area contributed by atoms with Gasteiger partial charge in [0.1, 0.15) is 0 Å². The molecule has 2 saturated heterocycles. The van der Waals surface area contributed by atoms with Gasteiger partial charge in [-0.05, 0) is 30.7 Å². The Morgan fingerprint density at radius 1 is 1.03 bits per heavy atom. The van der Waals surface area contributed by atoms with Crippen LogP contribution in [0, 0.1) is 0 Å². The molecule has 9 nitrogen and oxygen atoms in total. The van der Waals surface area contributed by atoms with E-state index in [4.69, 9.17) is 0 Å². The van der Waals surface area contributed by atoms with Gasteiger partial charge < -0.3 is 9.80 Å². The molecule has 3 heterocycles. The van der Waals surface area contributed by atoms with Gasteiger partial charge in [0, 0.05) is 44.1 Å². The summed E-state index contributed by atoms with van der Waals surface area (Å²) in [6, 6.07) is 7.62. The minimum atomic E-state index is -3.82. The fourth-order valence-electron chi connectivity index (χ4n) is 3.75. The first-order valence-corrected chi connectivity index (χ1v) is 13.0. The van der Waals surface area contributed by atoms with Gasteiger partial charge in [0.05, 0.1) is 21.7 Å². The number of carbonyl (C=O) groups excluding carboxylic acids is 1.